The van der Waals surface area contributed by atoms with Crippen LogP contribution >= 0.6 is 0 Å². The minimum Gasteiger partial charge on any atom is -0.496 e. The maximum absolute atomic E-state index is 11.6. The third kappa shape index (κ3) is 3.34. The summed E-state index contributed by atoms with van der Waals surface area (Å²) in [4.78, 5) is 11.6. The summed E-state index contributed by atoms with van der Waals surface area (Å²) in [6, 6.07) is 7.43. The van der Waals surface area contributed by atoms with Crippen LogP contribution in [0.5, 0.6) is 5.75 Å². The lowest BCUT2D eigenvalue weighted by atomic mass is 10.1. The Balaban J connectivity index is 2.93. The highest BCUT2D eigenvalue weighted by atomic mass is 16.5. The Morgan fingerprint density at radius 1 is 1.35 bits per heavy atom. The summed E-state index contributed by atoms with van der Waals surface area (Å²) < 4.78 is 10.6. The molecule has 1 rings (SSSR count). The number of carbonyl (C=O) groups excluding carboxylic acids is 1. The Hall–Kier alpha value is -1.77. The molecule has 0 saturated heterocycles. The molecular weight excluding hydrogens is 216 g/mol. The summed E-state index contributed by atoms with van der Waals surface area (Å²) in [7, 11) is 1.59. The largest absolute Gasteiger partial charge is 0.496 e. The van der Waals surface area contributed by atoms with Crippen LogP contribution in [0.3, 0.4) is 0 Å². The van der Waals surface area contributed by atoms with E-state index in [1.807, 2.05) is 24.3 Å². The van der Waals surface area contributed by atoms with E-state index < -0.39 is 6.10 Å². The lowest BCUT2D eigenvalue weighted by molar-refractivity contribution is -0.151. The third-order valence-electron chi connectivity index (χ3n) is 2.37. The Bertz CT molecular complexity index is 396. The first-order chi connectivity index (χ1) is 8.10. The molecule has 1 unspecified atom stereocenters. The molecule has 0 aliphatic carbocycles. The molecule has 92 valence electrons. The fourth-order valence-electron chi connectivity index (χ4n) is 1.40. The van der Waals surface area contributed by atoms with Gasteiger partial charge in [-0.15, -0.1) is 0 Å². The number of carbonyl (C=O) groups is 1. The molecule has 0 N–H and O–H groups in total. The fraction of sp³-hybridized carbons (Fsp3) is 0.357. The Kier molecular flexibility index (Phi) is 4.76. The molecule has 0 fully saturated rings. The molecule has 0 amide bonds. The predicted molar refractivity (Wildman–Crippen MR) is 66.9 cm³/mol. The summed E-state index contributed by atoms with van der Waals surface area (Å²) in [5, 5.41) is 0. The van der Waals surface area contributed by atoms with Gasteiger partial charge in [-0.1, -0.05) is 38.6 Å². The minimum atomic E-state index is -0.471. The highest BCUT2D eigenvalue weighted by molar-refractivity contribution is 5.72. The van der Waals surface area contributed by atoms with E-state index in [0.717, 1.165) is 5.56 Å². The maximum atomic E-state index is 11.6. The molecule has 0 radical (unpaired) electrons. The van der Waals surface area contributed by atoms with Crippen LogP contribution in [0.15, 0.2) is 36.9 Å². The van der Waals surface area contributed by atoms with Crippen molar-refractivity contribution in [2.24, 2.45) is 5.92 Å². The molecular formula is C14H18O3. The molecule has 1 atom stereocenters. The van der Waals surface area contributed by atoms with Crippen molar-refractivity contribution in [2.45, 2.75) is 20.0 Å². The highest BCUT2D eigenvalue weighted by Gasteiger charge is 2.18. The summed E-state index contributed by atoms with van der Waals surface area (Å²) in [5.74, 6) is 0.280. The molecule has 0 aliphatic rings. The SMILES string of the molecule is C=CC(OC(=O)C(C)C)c1ccccc1OC. The number of hydrogen-bond acceptors (Lipinski definition) is 3. The standard InChI is InChI=1S/C14H18O3/c1-5-12(17-14(15)10(2)3)11-8-6-7-9-13(11)16-4/h5-10,12H,1H2,2-4H3. The van der Waals surface area contributed by atoms with E-state index in [1.165, 1.54) is 0 Å². The van der Waals surface area contributed by atoms with Crippen LogP contribution < -0.4 is 4.74 Å². The van der Waals surface area contributed by atoms with Crippen molar-refractivity contribution >= 4 is 5.97 Å². The van der Waals surface area contributed by atoms with Crippen LogP contribution in [0.1, 0.15) is 25.5 Å². The molecule has 0 heterocycles. The quantitative estimate of drug-likeness (QED) is 0.580. The van der Waals surface area contributed by atoms with Gasteiger partial charge in [0.25, 0.3) is 0 Å². The maximum Gasteiger partial charge on any atom is 0.309 e. The number of ether oxygens (including phenoxy) is 2. The first kappa shape index (κ1) is 13.3. The molecule has 0 saturated carbocycles. The summed E-state index contributed by atoms with van der Waals surface area (Å²) in [5.41, 5.74) is 0.805. The van der Waals surface area contributed by atoms with Gasteiger partial charge in [0.2, 0.25) is 0 Å². The first-order valence-corrected chi connectivity index (χ1v) is 5.56. The van der Waals surface area contributed by atoms with Gasteiger partial charge in [0.15, 0.2) is 0 Å². The van der Waals surface area contributed by atoms with Crippen LogP contribution in [0.2, 0.25) is 0 Å². The lowest BCUT2D eigenvalue weighted by Crippen LogP contribution is -2.15. The Morgan fingerprint density at radius 2 is 2.00 bits per heavy atom. The van der Waals surface area contributed by atoms with Gasteiger partial charge in [0, 0.05) is 5.56 Å². The summed E-state index contributed by atoms with van der Waals surface area (Å²) in [6.45, 7) is 7.29. The zero-order valence-electron chi connectivity index (χ0n) is 10.5. The molecule has 3 nitrogen and oxygen atoms in total. The van der Waals surface area contributed by atoms with Crippen LogP contribution in [-0.2, 0) is 9.53 Å². The van der Waals surface area contributed by atoms with Gasteiger partial charge in [0.1, 0.15) is 11.9 Å². The van der Waals surface area contributed by atoms with E-state index in [9.17, 15) is 4.79 Å². The van der Waals surface area contributed by atoms with Gasteiger partial charge in [-0.2, -0.15) is 0 Å². The number of rotatable bonds is 5. The van der Waals surface area contributed by atoms with E-state index in [2.05, 4.69) is 6.58 Å². The number of esters is 1. The molecule has 0 spiro atoms. The van der Waals surface area contributed by atoms with E-state index in [4.69, 9.17) is 9.47 Å². The zero-order chi connectivity index (χ0) is 12.8. The average molecular weight is 234 g/mol. The topological polar surface area (TPSA) is 35.5 Å². The van der Waals surface area contributed by atoms with Gasteiger partial charge >= 0.3 is 5.97 Å². The molecule has 1 aromatic rings. The lowest BCUT2D eigenvalue weighted by Gasteiger charge is -2.18. The fourth-order valence-corrected chi connectivity index (χ4v) is 1.40. The molecule has 1 aromatic carbocycles. The van der Waals surface area contributed by atoms with E-state index in [1.54, 1.807) is 27.0 Å². The minimum absolute atomic E-state index is 0.160. The molecule has 0 aromatic heterocycles. The van der Waals surface area contributed by atoms with Gasteiger partial charge in [-0.3, -0.25) is 4.79 Å². The highest BCUT2D eigenvalue weighted by Crippen LogP contribution is 2.28. The molecule has 0 bridgehead atoms. The Labute approximate surface area is 102 Å². The van der Waals surface area contributed by atoms with Crippen LogP contribution in [0, 0.1) is 5.92 Å². The smallest absolute Gasteiger partial charge is 0.309 e. The van der Waals surface area contributed by atoms with Gasteiger partial charge < -0.3 is 9.47 Å². The van der Waals surface area contributed by atoms with Crippen LogP contribution in [0.4, 0.5) is 0 Å². The van der Waals surface area contributed by atoms with Crippen molar-refractivity contribution in [2.75, 3.05) is 7.11 Å². The van der Waals surface area contributed by atoms with Crippen molar-refractivity contribution in [3.8, 4) is 5.75 Å². The van der Waals surface area contributed by atoms with Gasteiger partial charge in [0.05, 0.1) is 13.0 Å². The number of hydrogen-bond donors (Lipinski definition) is 0. The van der Waals surface area contributed by atoms with Crippen molar-refractivity contribution in [3.05, 3.63) is 42.5 Å². The molecule has 3 heteroatoms. The number of methoxy groups -OCH3 is 1. The normalized spacial score (nSPS) is 12.0. The first-order valence-electron chi connectivity index (χ1n) is 5.56. The number of benzene rings is 1. The van der Waals surface area contributed by atoms with Crippen molar-refractivity contribution in [1.82, 2.24) is 0 Å². The van der Waals surface area contributed by atoms with Crippen LogP contribution in [-0.4, -0.2) is 13.1 Å². The summed E-state index contributed by atoms with van der Waals surface area (Å²) >= 11 is 0. The Morgan fingerprint density at radius 3 is 2.53 bits per heavy atom. The summed E-state index contributed by atoms with van der Waals surface area (Å²) in [6.07, 6.45) is 1.12. The van der Waals surface area contributed by atoms with E-state index in [0.29, 0.717) is 5.75 Å². The van der Waals surface area contributed by atoms with Crippen molar-refractivity contribution in [1.29, 1.82) is 0 Å². The average Bonchev–Trinajstić information content (AvgIpc) is 2.35. The number of para-hydroxylation sites is 1. The van der Waals surface area contributed by atoms with Crippen molar-refractivity contribution in [3.63, 3.8) is 0 Å². The zero-order valence-corrected chi connectivity index (χ0v) is 10.5. The third-order valence-corrected chi connectivity index (χ3v) is 2.37. The van der Waals surface area contributed by atoms with E-state index in [-0.39, 0.29) is 11.9 Å². The van der Waals surface area contributed by atoms with Gasteiger partial charge in [-0.05, 0) is 12.1 Å². The second-order valence-corrected chi connectivity index (χ2v) is 3.99. The monoisotopic (exact) mass is 234 g/mol. The van der Waals surface area contributed by atoms with Crippen molar-refractivity contribution < 1.29 is 14.3 Å². The second-order valence-electron chi connectivity index (χ2n) is 3.99. The van der Waals surface area contributed by atoms with Crippen LogP contribution in [0.25, 0.3) is 0 Å². The predicted octanol–water partition coefficient (Wildman–Crippen LogP) is 3.12. The van der Waals surface area contributed by atoms with E-state index >= 15 is 0 Å². The molecule has 17 heavy (non-hydrogen) atoms. The second kappa shape index (κ2) is 6.09. The van der Waals surface area contributed by atoms with Gasteiger partial charge in [-0.25, -0.2) is 0 Å². The molecule has 0 aliphatic heterocycles.